The number of hydrogen-bond acceptors (Lipinski definition) is 6. The number of hydrogen-bond donors (Lipinski definition) is 0. The average Bonchev–Trinajstić information content (AvgIpc) is 2.63. The van der Waals surface area contributed by atoms with Crippen molar-refractivity contribution >= 4 is 20.0 Å². The van der Waals surface area contributed by atoms with Crippen LogP contribution in [0.15, 0.2) is 57.2 Å². The van der Waals surface area contributed by atoms with Crippen LogP contribution in [0.3, 0.4) is 0 Å². The zero-order valence-electron chi connectivity index (χ0n) is 16.1. The van der Waals surface area contributed by atoms with Gasteiger partial charge in [0, 0.05) is 40.5 Å². The van der Waals surface area contributed by atoms with Crippen molar-refractivity contribution in [3.05, 3.63) is 52.9 Å². The van der Waals surface area contributed by atoms with Crippen LogP contribution in [0.2, 0.25) is 0 Å². The summed E-state index contributed by atoms with van der Waals surface area (Å²) in [6.45, 7) is 0.235. The van der Waals surface area contributed by atoms with Gasteiger partial charge in [0.05, 0.1) is 16.3 Å². The lowest BCUT2D eigenvalue weighted by Crippen LogP contribution is -2.27. The molecule has 9 nitrogen and oxygen atoms in total. The lowest BCUT2D eigenvalue weighted by molar-refractivity contribution is 0.295. The van der Waals surface area contributed by atoms with Gasteiger partial charge in [-0.2, -0.15) is 0 Å². The molecular weight excluding hydrogens is 406 g/mol. The van der Waals surface area contributed by atoms with Crippen molar-refractivity contribution in [3.63, 3.8) is 0 Å². The first-order valence-corrected chi connectivity index (χ1v) is 11.1. The van der Waals surface area contributed by atoms with E-state index in [-0.39, 0.29) is 28.5 Å². The smallest absolute Gasteiger partial charge is 0.250 e. The molecule has 0 aliphatic heterocycles. The van der Waals surface area contributed by atoms with Gasteiger partial charge in [-0.1, -0.05) is 0 Å². The van der Waals surface area contributed by atoms with Crippen molar-refractivity contribution in [3.8, 4) is 5.75 Å². The number of benzene rings is 1. The lowest BCUT2D eigenvalue weighted by Gasteiger charge is -2.14. The molecule has 0 saturated heterocycles. The summed E-state index contributed by atoms with van der Waals surface area (Å²) in [6, 6.07) is 8.36. The molecule has 0 aliphatic carbocycles. The topological polar surface area (TPSA) is 106 Å². The fourth-order valence-electron chi connectivity index (χ4n) is 2.23. The molecule has 2 aromatic rings. The lowest BCUT2D eigenvalue weighted by atomic mass is 10.3. The summed E-state index contributed by atoms with van der Waals surface area (Å²) in [4.78, 5) is 12.1. The van der Waals surface area contributed by atoms with E-state index >= 15 is 0 Å². The van der Waals surface area contributed by atoms with E-state index in [0.717, 1.165) is 8.61 Å². The summed E-state index contributed by atoms with van der Waals surface area (Å²) in [7, 11) is -1.45. The van der Waals surface area contributed by atoms with Gasteiger partial charge in [-0.3, -0.25) is 4.79 Å². The molecule has 2 rings (SSSR count). The highest BCUT2D eigenvalue weighted by molar-refractivity contribution is 7.89. The average molecular weight is 430 g/mol. The highest BCUT2D eigenvalue weighted by atomic mass is 32.2. The number of rotatable bonds is 8. The summed E-state index contributed by atoms with van der Waals surface area (Å²) in [6.07, 6.45) is 1.27. The normalized spacial score (nSPS) is 12.5. The molecule has 154 valence electrons. The summed E-state index contributed by atoms with van der Waals surface area (Å²) in [5.41, 5.74) is -0.353. The Hall–Kier alpha value is -2.21. The van der Waals surface area contributed by atoms with E-state index in [9.17, 15) is 21.6 Å². The van der Waals surface area contributed by atoms with Crippen LogP contribution >= 0.6 is 0 Å². The van der Waals surface area contributed by atoms with E-state index in [1.165, 1.54) is 75.4 Å². The second-order valence-corrected chi connectivity index (χ2v) is 10.6. The monoisotopic (exact) mass is 429 g/mol. The number of ether oxygens (including phenoxy) is 1. The fraction of sp³-hybridized carbons (Fsp3) is 0.353. The minimum atomic E-state index is -3.65. The number of sulfonamides is 2. The van der Waals surface area contributed by atoms with Gasteiger partial charge in [0.25, 0.3) is 5.56 Å². The van der Waals surface area contributed by atoms with E-state index in [1.54, 1.807) is 0 Å². The zero-order chi connectivity index (χ0) is 21.1. The third-order valence-corrected chi connectivity index (χ3v) is 7.57. The van der Waals surface area contributed by atoms with Gasteiger partial charge in [0.1, 0.15) is 12.4 Å². The molecule has 28 heavy (non-hydrogen) atoms. The molecule has 0 unspecified atom stereocenters. The molecule has 0 N–H and O–H groups in total. The van der Waals surface area contributed by atoms with E-state index in [4.69, 9.17) is 4.74 Å². The van der Waals surface area contributed by atoms with Crippen molar-refractivity contribution < 1.29 is 21.6 Å². The molecule has 11 heteroatoms. The number of aromatic nitrogens is 1. The Morgan fingerprint density at radius 2 is 1.32 bits per heavy atom. The number of nitrogens with zero attached hydrogens (tertiary/aromatic N) is 3. The largest absolute Gasteiger partial charge is 0.492 e. The molecule has 0 aliphatic rings. The maximum atomic E-state index is 12.2. The molecule has 1 aromatic carbocycles. The van der Waals surface area contributed by atoms with Crippen molar-refractivity contribution in [1.82, 2.24) is 13.2 Å². The van der Waals surface area contributed by atoms with Gasteiger partial charge < -0.3 is 9.30 Å². The van der Waals surface area contributed by atoms with Gasteiger partial charge in [-0.25, -0.2) is 25.4 Å². The van der Waals surface area contributed by atoms with Gasteiger partial charge >= 0.3 is 0 Å². The first-order valence-electron chi connectivity index (χ1n) is 8.24. The standard InChI is InChI=1S/C17H23N3O6S2/c1-18(2)27(22,23)15-7-5-14(6-8-15)26-12-11-20-13-16(9-10-17(20)21)28(24,25)19(3)4/h5-10,13H,11-12H2,1-4H3. The van der Waals surface area contributed by atoms with Crippen molar-refractivity contribution in [1.29, 1.82) is 0 Å². The second kappa shape index (κ2) is 8.43. The van der Waals surface area contributed by atoms with Crippen molar-refractivity contribution in [2.75, 3.05) is 34.8 Å². The van der Waals surface area contributed by atoms with Crippen LogP contribution in [-0.2, 0) is 26.6 Å². The predicted octanol–water partition coefficient (Wildman–Crippen LogP) is 0.428. The first-order chi connectivity index (χ1) is 13.0. The molecule has 0 radical (unpaired) electrons. The zero-order valence-corrected chi connectivity index (χ0v) is 17.7. The fourth-order valence-corrected chi connectivity index (χ4v) is 4.05. The summed E-state index contributed by atoms with van der Waals surface area (Å²) < 4.78 is 57.4. The van der Waals surface area contributed by atoms with Crippen molar-refractivity contribution in [2.24, 2.45) is 0 Å². The van der Waals surface area contributed by atoms with Crippen LogP contribution in [0.4, 0.5) is 0 Å². The Kier molecular flexibility index (Phi) is 6.65. The predicted molar refractivity (Wildman–Crippen MR) is 104 cm³/mol. The van der Waals surface area contributed by atoms with Gasteiger partial charge in [-0.15, -0.1) is 0 Å². The summed E-state index contributed by atoms with van der Waals surface area (Å²) in [5, 5.41) is 0. The third kappa shape index (κ3) is 4.79. The summed E-state index contributed by atoms with van der Waals surface area (Å²) >= 11 is 0. The van der Waals surface area contributed by atoms with Crippen LogP contribution in [0.5, 0.6) is 5.75 Å². The van der Waals surface area contributed by atoms with Crippen LogP contribution in [0.25, 0.3) is 0 Å². The highest BCUT2D eigenvalue weighted by Crippen LogP contribution is 2.18. The minimum absolute atomic E-state index is 0.00958. The molecular formula is C17H23N3O6S2. The SMILES string of the molecule is CN(C)S(=O)(=O)c1ccc(OCCn2cc(S(=O)(=O)N(C)C)ccc2=O)cc1. The van der Waals surface area contributed by atoms with Crippen LogP contribution < -0.4 is 10.3 Å². The third-order valence-electron chi connectivity index (χ3n) is 3.94. The van der Waals surface area contributed by atoms with E-state index < -0.39 is 20.0 Å². The van der Waals surface area contributed by atoms with Gasteiger partial charge in [-0.05, 0) is 30.3 Å². The molecule has 1 heterocycles. The molecule has 0 atom stereocenters. The molecule has 0 amide bonds. The molecule has 0 saturated carbocycles. The Morgan fingerprint density at radius 3 is 1.86 bits per heavy atom. The highest BCUT2D eigenvalue weighted by Gasteiger charge is 2.18. The molecule has 0 fully saturated rings. The Balaban J connectivity index is 2.09. The van der Waals surface area contributed by atoms with Crippen molar-refractivity contribution in [2.45, 2.75) is 16.3 Å². The van der Waals surface area contributed by atoms with Crippen LogP contribution in [0, 0.1) is 0 Å². The van der Waals surface area contributed by atoms with E-state index in [0.29, 0.717) is 5.75 Å². The Labute approximate surface area is 164 Å². The van der Waals surface area contributed by atoms with Crippen LogP contribution in [-0.4, -0.2) is 64.8 Å². The Bertz CT molecular complexity index is 1090. The summed E-state index contributed by atoms with van der Waals surface area (Å²) in [5.74, 6) is 0.433. The van der Waals surface area contributed by atoms with E-state index in [2.05, 4.69) is 0 Å². The minimum Gasteiger partial charge on any atom is -0.492 e. The molecule has 0 spiro atoms. The second-order valence-electron chi connectivity index (χ2n) is 6.29. The molecule has 1 aromatic heterocycles. The quantitative estimate of drug-likeness (QED) is 0.602. The number of pyridine rings is 1. The maximum Gasteiger partial charge on any atom is 0.250 e. The maximum absolute atomic E-state index is 12.2. The molecule has 0 bridgehead atoms. The first kappa shape index (κ1) is 22.1. The Morgan fingerprint density at radius 1 is 0.821 bits per heavy atom. The van der Waals surface area contributed by atoms with E-state index in [1.807, 2.05) is 0 Å². The van der Waals surface area contributed by atoms with Gasteiger partial charge in [0.15, 0.2) is 0 Å². The van der Waals surface area contributed by atoms with Crippen LogP contribution in [0.1, 0.15) is 0 Å². The van der Waals surface area contributed by atoms with Gasteiger partial charge in [0.2, 0.25) is 20.0 Å².